The number of amides is 2. The quantitative estimate of drug-likeness (QED) is 0.805. The van der Waals surface area contributed by atoms with E-state index in [4.69, 9.17) is 9.84 Å². The first kappa shape index (κ1) is 14.6. The van der Waals surface area contributed by atoms with E-state index in [2.05, 4.69) is 0 Å². The van der Waals surface area contributed by atoms with Crippen molar-refractivity contribution < 1.29 is 24.2 Å². The molecule has 0 saturated carbocycles. The maximum absolute atomic E-state index is 12.2. The highest BCUT2D eigenvalue weighted by Crippen LogP contribution is 2.34. The van der Waals surface area contributed by atoms with E-state index in [0.29, 0.717) is 13.0 Å². The van der Waals surface area contributed by atoms with E-state index in [9.17, 15) is 14.4 Å². The molecule has 0 aromatic carbocycles. The maximum Gasteiger partial charge on any atom is 0.411 e. The zero-order chi connectivity index (χ0) is 15.2. The topological polar surface area (TPSA) is 87.2 Å². The van der Waals surface area contributed by atoms with Crippen LogP contribution >= 0.6 is 0 Å². The summed E-state index contributed by atoms with van der Waals surface area (Å²) < 4.78 is 5.27. The van der Waals surface area contributed by atoms with Crippen molar-refractivity contribution in [2.75, 3.05) is 6.54 Å². The monoisotopic (exact) mass is 284 g/mol. The summed E-state index contributed by atoms with van der Waals surface area (Å²) in [6.45, 7) is 7.11. The number of carbonyl (C=O) groups excluding carboxylic acids is 2. The number of rotatable bonds is 2. The van der Waals surface area contributed by atoms with Gasteiger partial charge < -0.3 is 14.7 Å². The molecule has 112 valence electrons. The average Bonchev–Trinajstić information content (AvgIpc) is 2.83. The molecule has 1 N–H and O–H groups in total. The van der Waals surface area contributed by atoms with Crippen LogP contribution in [0, 0.1) is 0 Å². The number of carbonyl (C=O) groups is 3. The van der Waals surface area contributed by atoms with E-state index < -0.39 is 29.7 Å². The smallest absolute Gasteiger partial charge is 0.411 e. The first-order valence-corrected chi connectivity index (χ1v) is 6.66. The molecule has 20 heavy (non-hydrogen) atoms. The molecule has 2 saturated heterocycles. The molecule has 0 aliphatic carbocycles. The van der Waals surface area contributed by atoms with E-state index in [1.165, 1.54) is 16.7 Å². The summed E-state index contributed by atoms with van der Waals surface area (Å²) in [5.41, 5.74) is -0.615. The van der Waals surface area contributed by atoms with Gasteiger partial charge in [0.25, 0.3) is 0 Å². The number of piperazine rings is 1. The third kappa shape index (κ3) is 2.44. The lowest BCUT2D eigenvalue weighted by molar-refractivity contribution is -0.152. The molecular weight excluding hydrogens is 264 g/mol. The number of carboxylic acid groups (broad SMARTS) is 1. The lowest BCUT2D eigenvalue weighted by Crippen LogP contribution is -2.57. The molecule has 3 unspecified atom stereocenters. The van der Waals surface area contributed by atoms with Crippen molar-refractivity contribution in [2.24, 2.45) is 0 Å². The van der Waals surface area contributed by atoms with Gasteiger partial charge in [-0.15, -0.1) is 0 Å². The first-order chi connectivity index (χ1) is 9.11. The van der Waals surface area contributed by atoms with Crippen LogP contribution in [0.1, 0.15) is 34.1 Å². The number of hydrogen-bond acceptors (Lipinski definition) is 4. The summed E-state index contributed by atoms with van der Waals surface area (Å²) in [6.07, 6.45) is -0.0311. The molecular formula is C13H20N2O5. The minimum Gasteiger partial charge on any atom is -0.480 e. The van der Waals surface area contributed by atoms with Gasteiger partial charge in [-0.1, -0.05) is 0 Å². The van der Waals surface area contributed by atoms with Crippen LogP contribution in [0.15, 0.2) is 0 Å². The van der Waals surface area contributed by atoms with Crippen molar-refractivity contribution in [3.63, 3.8) is 0 Å². The summed E-state index contributed by atoms with van der Waals surface area (Å²) in [5, 5.41) is 9.02. The van der Waals surface area contributed by atoms with Crippen molar-refractivity contribution >= 4 is 18.0 Å². The minimum atomic E-state index is -1.03. The summed E-state index contributed by atoms with van der Waals surface area (Å²) in [4.78, 5) is 38.0. The zero-order valence-corrected chi connectivity index (χ0v) is 12.1. The van der Waals surface area contributed by atoms with Gasteiger partial charge >= 0.3 is 12.1 Å². The molecule has 7 nitrogen and oxygen atoms in total. The highest BCUT2D eigenvalue weighted by molar-refractivity contribution is 5.92. The standard InChI is InChI=1S/C13H20N2O5/c1-7(11(17)18)15-8-5-9(10(15)16)14(6-8)12(19)20-13(2,3)4/h7-9H,5-6H2,1-4H3,(H,17,18). The normalized spacial score (nSPS) is 26.9. The Morgan fingerprint density at radius 3 is 2.45 bits per heavy atom. The van der Waals surface area contributed by atoms with Crippen LogP contribution in [0.4, 0.5) is 4.79 Å². The molecule has 2 aliphatic rings. The van der Waals surface area contributed by atoms with Crippen molar-refractivity contribution in [3.05, 3.63) is 0 Å². The molecule has 2 aliphatic heterocycles. The van der Waals surface area contributed by atoms with E-state index in [1.54, 1.807) is 20.8 Å². The Hall–Kier alpha value is -1.79. The van der Waals surface area contributed by atoms with Crippen molar-refractivity contribution in [1.29, 1.82) is 0 Å². The Morgan fingerprint density at radius 2 is 2.00 bits per heavy atom. The van der Waals surface area contributed by atoms with Gasteiger partial charge in [-0.3, -0.25) is 9.69 Å². The maximum atomic E-state index is 12.2. The lowest BCUT2D eigenvalue weighted by atomic mass is 10.2. The summed E-state index contributed by atoms with van der Waals surface area (Å²) >= 11 is 0. The van der Waals surface area contributed by atoms with Crippen molar-refractivity contribution in [3.8, 4) is 0 Å². The molecule has 0 aromatic rings. The van der Waals surface area contributed by atoms with Crippen molar-refractivity contribution in [1.82, 2.24) is 9.80 Å². The Bertz CT molecular complexity index is 456. The second-order valence-corrected chi connectivity index (χ2v) is 6.30. The van der Waals surface area contributed by atoms with Gasteiger partial charge in [0.05, 0.1) is 6.04 Å². The summed E-state index contributed by atoms with van der Waals surface area (Å²) in [6, 6.07) is -1.68. The van der Waals surface area contributed by atoms with Crippen LogP contribution in [-0.2, 0) is 14.3 Å². The van der Waals surface area contributed by atoms with Crippen molar-refractivity contribution in [2.45, 2.75) is 57.8 Å². The van der Waals surface area contributed by atoms with Crippen LogP contribution in [0.3, 0.4) is 0 Å². The number of hydrogen-bond donors (Lipinski definition) is 1. The highest BCUT2D eigenvalue weighted by atomic mass is 16.6. The van der Waals surface area contributed by atoms with Gasteiger partial charge in [0.15, 0.2) is 0 Å². The molecule has 0 spiro atoms. The Morgan fingerprint density at radius 1 is 1.40 bits per heavy atom. The fourth-order valence-electron chi connectivity index (χ4n) is 2.75. The number of ether oxygens (including phenoxy) is 1. The van der Waals surface area contributed by atoms with Crippen LogP contribution in [0.2, 0.25) is 0 Å². The number of aliphatic carboxylic acids is 1. The van der Waals surface area contributed by atoms with E-state index in [1.807, 2.05) is 0 Å². The molecule has 3 atom stereocenters. The second-order valence-electron chi connectivity index (χ2n) is 6.30. The van der Waals surface area contributed by atoms with Gasteiger partial charge in [-0.25, -0.2) is 9.59 Å². The zero-order valence-electron chi connectivity index (χ0n) is 12.1. The second kappa shape index (κ2) is 4.64. The third-order valence-corrected chi connectivity index (χ3v) is 3.61. The highest BCUT2D eigenvalue weighted by Gasteiger charge is 2.54. The Balaban J connectivity index is 2.08. The number of likely N-dealkylation sites (tertiary alicyclic amines) is 2. The Kier molecular flexibility index (Phi) is 3.39. The Labute approximate surface area is 117 Å². The molecule has 2 amide bonds. The fraction of sp³-hybridized carbons (Fsp3) is 0.769. The van der Waals surface area contributed by atoms with Crippen LogP contribution in [-0.4, -0.2) is 63.1 Å². The van der Waals surface area contributed by atoms with Crippen LogP contribution < -0.4 is 0 Å². The van der Waals surface area contributed by atoms with Gasteiger partial charge in [0.2, 0.25) is 5.91 Å². The molecule has 7 heteroatoms. The largest absolute Gasteiger partial charge is 0.480 e. The first-order valence-electron chi connectivity index (χ1n) is 6.66. The van der Waals surface area contributed by atoms with E-state index in [0.717, 1.165) is 0 Å². The SMILES string of the molecule is CC(C(=O)O)N1C(=O)C2CC1CN2C(=O)OC(C)(C)C. The number of carboxylic acids is 1. The van der Waals surface area contributed by atoms with Gasteiger partial charge in [-0.05, 0) is 34.1 Å². The predicted octanol–water partition coefficient (Wildman–Crippen LogP) is 0.680. The van der Waals surface area contributed by atoms with Gasteiger partial charge in [0, 0.05) is 6.54 Å². The molecule has 2 bridgehead atoms. The van der Waals surface area contributed by atoms with E-state index in [-0.39, 0.29) is 11.9 Å². The predicted molar refractivity (Wildman–Crippen MR) is 69.1 cm³/mol. The number of fused-ring (bicyclic) bond motifs is 2. The molecule has 2 heterocycles. The lowest BCUT2D eigenvalue weighted by Gasteiger charge is -2.36. The summed E-state index contributed by atoms with van der Waals surface area (Å²) in [7, 11) is 0. The van der Waals surface area contributed by atoms with Crippen LogP contribution in [0.5, 0.6) is 0 Å². The van der Waals surface area contributed by atoms with Gasteiger partial charge in [0.1, 0.15) is 17.7 Å². The minimum absolute atomic E-state index is 0.230. The van der Waals surface area contributed by atoms with Gasteiger partial charge in [-0.2, -0.15) is 0 Å². The van der Waals surface area contributed by atoms with Crippen LogP contribution in [0.25, 0.3) is 0 Å². The van der Waals surface area contributed by atoms with E-state index >= 15 is 0 Å². The average molecular weight is 284 g/mol. The fourth-order valence-corrected chi connectivity index (χ4v) is 2.75. The molecule has 0 radical (unpaired) electrons. The molecule has 2 fully saturated rings. The molecule has 2 rings (SSSR count). The third-order valence-electron chi connectivity index (χ3n) is 3.61. The molecule has 0 aromatic heterocycles. The summed E-state index contributed by atoms with van der Waals surface area (Å²) in [5.74, 6) is -1.34. The number of nitrogens with zero attached hydrogens (tertiary/aromatic N) is 2.